The lowest BCUT2D eigenvalue weighted by Crippen LogP contribution is -2.27. The van der Waals surface area contributed by atoms with Gasteiger partial charge in [-0.2, -0.15) is 13.2 Å². The van der Waals surface area contributed by atoms with Gasteiger partial charge in [0, 0.05) is 23.5 Å². The highest BCUT2D eigenvalue weighted by Crippen LogP contribution is 2.31. The minimum absolute atomic E-state index is 0.0851. The molecule has 144 valence electrons. The zero-order valence-electron chi connectivity index (χ0n) is 14.3. The molecule has 0 bridgehead atoms. The number of halogens is 4. The van der Waals surface area contributed by atoms with Crippen LogP contribution in [0.25, 0.3) is 0 Å². The van der Waals surface area contributed by atoms with Gasteiger partial charge in [-0.25, -0.2) is 9.97 Å². The Balaban J connectivity index is 1.82. The zero-order chi connectivity index (χ0) is 20.1. The van der Waals surface area contributed by atoms with Gasteiger partial charge in [0.05, 0.1) is 5.56 Å². The summed E-state index contributed by atoms with van der Waals surface area (Å²) < 4.78 is 40.3. The van der Waals surface area contributed by atoms with Crippen molar-refractivity contribution in [1.82, 2.24) is 15.3 Å². The molecular formula is C19H14ClF3N4O. The van der Waals surface area contributed by atoms with Gasteiger partial charge in [-0.1, -0.05) is 41.9 Å². The fraction of sp³-hybridized carbons (Fsp3) is 0.105. The number of hydrogen-bond donors (Lipinski definition) is 2. The number of nitrogens with zero attached hydrogens (tertiary/aromatic N) is 2. The van der Waals surface area contributed by atoms with Gasteiger partial charge in [-0.3, -0.25) is 4.79 Å². The molecule has 0 atom stereocenters. The number of anilines is 2. The third kappa shape index (κ3) is 4.98. The molecule has 1 aromatic heterocycles. The van der Waals surface area contributed by atoms with Crippen LogP contribution in [0.4, 0.5) is 24.8 Å². The number of aromatic nitrogens is 2. The molecule has 0 spiro atoms. The van der Waals surface area contributed by atoms with E-state index in [0.29, 0.717) is 10.7 Å². The normalized spacial score (nSPS) is 11.1. The van der Waals surface area contributed by atoms with E-state index in [9.17, 15) is 18.0 Å². The van der Waals surface area contributed by atoms with E-state index in [1.807, 2.05) is 0 Å². The Morgan fingerprint density at radius 2 is 1.71 bits per heavy atom. The summed E-state index contributed by atoms with van der Waals surface area (Å²) in [4.78, 5) is 19.6. The Hall–Kier alpha value is -3.13. The van der Waals surface area contributed by atoms with Crippen molar-refractivity contribution in [2.45, 2.75) is 12.7 Å². The van der Waals surface area contributed by atoms with Crippen LogP contribution in [-0.2, 0) is 12.7 Å². The number of carbonyl (C=O) groups is 1. The number of alkyl halides is 3. The van der Waals surface area contributed by atoms with E-state index in [0.717, 1.165) is 11.8 Å². The molecule has 1 amide bonds. The van der Waals surface area contributed by atoms with Crippen LogP contribution in [-0.4, -0.2) is 15.9 Å². The monoisotopic (exact) mass is 406 g/mol. The second kappa shape index (κ2) is 8.26. The van der Waals surface area contributed by atoms with Gasteiger partial charge in [-0.05, 0) is 29.8 Å². The Bertz CT molecular complexity index is 963. The molecule has 3 aromatic rings. The molecule has 2 N–H and O–H groups in total. The largest absolute Gasteiger partial charge is 0.434 e. The third-order valence-corrected chi connectivity index (χ3v) is 3.95. The predicted molar refractivity (Wildman–Crippen MR) is 99.4 cm³/mol. The van der Waals surface area contributed by atoms with E-state index in [-0.39, 0.29) is 12.5 Å². The second-order valence-corrected chi connectivity index (χ2v) is 6.19. The minimum atomic E-state index is -4.82. The smallest absolute Gasteiger partial charge is 0.348 e. The van der Waals surface area contributed by atoms with Crippen LogP contribution in [0, 0.1) is 0 Å². The molecule has 5 nitrogen and oxygen atoms in total. The quantitative estimate of drug-likeness (QED) is 0.637. The number of rotatable bonds is 5. The second-order valence-electron chi connectivity index (χ2n) is 5.75. The molecule has 0 saturated heterocycles. The van der Waals surface area contributed by atoms with E-state index in [4.69, 9.17) is 11.6 Å². The maximum atomic E-state index is 13.4. The predicted octanol–water partition coefficient (Wildman–Crippen LogP) is 4.82. The SMILES string of the molecule is O=C(NCc1ccccc1)c1cnc(Nc2ccc(Cl)cc2)nc1C(F)(F)F. The molecule has 0 aliphatic rings. The molecule has 0 fully saturated rings. The number of nitrogens with one attached hydrogen (secondary N) is 2. The molecule has 9 heteroatoms. The molecule has 0 unspecified atom stereocenters. The van der Waals surface area contributed by atoms with Crippen LogP contribution in [0.2, 0.25) is 5.02 Å². The van der Waals surface area contributed by atoms with Crippen LogP contribution in [0.5, 0.6) is 0 Å². The van der Waals surface area contributed by atoms with Gasteiger partial charge in [0.25, 0.3) is 5.91 Å². The maximum absolute atomic E-state index is 13.4. The van der Waals surface area contributed by atoms with Gasteiger partial charge in [0.2, 0.25) is 5.95 Å². The first-order valence-electron chi connectivity index (χ1n) is 8.12. The molecule has 3 rings (SSSR count). The van der Waals surface area contributed by atoms with Gasteiger partial charge in [-0.15, -0.1) is 0 Å². The molecule has 1 heterocycles. The maximum Gasteiger partial charge on any atom is 0.434 e. The summed E-state index contributed by atoms with van der Waals surface area (Å²) in [6, 6.07) is 15.1. The van der Waals surface area contributed by atoms with Crippen molar-refractivity contribution in [3.8, 4) is 0 Å². The molecule has 28 heavy (non-hydrogen) atoms. The van der Waals surface area contributed by atoms with E-state index < -0.39 is 23.3 Å². The summed E-state index contributed by atoms with van der Waals surface area (Å²) in [5.74, 6) is -1.19. The Labute approximate surface area is 163 Å². The standard InChI is InChI=1S/C19H14ClF3N4O/c20-13-6-8-14(9-7-13)26-18-25-11-15(16(27-18)19(21,22)23)17(28)24-10-12-4-2-1-3-5-12/h1-9,11H,10H2,(H,24,28)(H,25,26,27). The van der Waals surface area contributed by atoms with E-state index in [2.05, 4.69) is 20.6 Å². The van der Waals surface area contributed by atoms with Crippen LogP contribution >= 0.6 is 11.6 Å². The Morgan fingerprint density at radius 3 is 2.36 bits per heavy atom. The Kier molecular flexibility index (Phi) is 5.79. The van der Waals surface area contributed by atoms with Crippen molar-refractivity contribution < 1.29 is 18.0 Å². The summed E-state index contributed by atoms with van der Waals surface area (Å²) >= 11 is 5.78. The fourth-order valence-corrected chi connectivity index (χ4v) is 2.49. The number of benzene rings is 2. The van der Waals surface area contributed by atoms with Crippen LogP contribution in [0.1, 0.15) is 21.6 Å². The summed E-state index contributed by atoms with van der Waals surface area (Å²) in [7, 11) is 0. The van der Waals surface area contributed by atoms with Gasteiger partial charge >= 0.3 is 6.18 Å². The molecule has 0 radical (unpaired) electrons. The summed E-state index contributed by atoms with van der Waals surface area (Å²) in [5.41, 5.74) is -0.750. The lowest BCUT2D eigenvalue weighted by atomic mass is 10.2. The third-order valence-electron chi connectivity index (χ3n) is 3.70. The zero-order valence-corrected chi connectivity index (χ0v) is 15.1. The summed E-state index contributed by atoms with van der Waals surface area (Å²) in [5, 5.41) is 5.58. The first kappa shape index (κ1) is 19.6. The van der Waals surface area contributed by atoms with E-state index in [1.54, 1.807) is 54.6 Å². The van der Waals surface area contributed by atoms with Crippen molar-refractivity contribution >= 4 is 29.1 Å². The molecule has 0 aliphatic carbocycles. The highest BCUT2D eigenvalue weighted by Gasteiger charge is 2.38. The van der Waals surface area contributed by atoms with Gasteiger partial charge in [0.15, 0.2) is 5.69 Å². The topological polar surface area (TPSA) is 66.9 Å². The van der Waals surface area contributed by atoms with Crippen molar-refractivity contribution in [1.29, 1.82) is 0 Å². The highest BCUT2D eigenvalue weighted by molar-refractivity contribution is 6.30. The van der Waals surface area contributed by atoms with Crippen LogP contribution in [0.15, 0.2) is 60.8 Å². The molecule has 2 aromatic carbocycles. The molecule has 0 saturated carbocycles. The van der Waals surface area contributed by atoms with Crippen molar-refractivity contribution in [2.75, 3.05) is 5.32 Å². The molecule has 0 aliphatic heterocycles. The molecular weight excluding hydrogens is 393 g/mol. The average molecular weight is 407 g/mol. The average Bonchev–Trinajstić information content (AvgIpc) is 2.68. The Morgan fingerprint density at radius 1 is 1.04 bits per heavy atom. The summed E-state index contributed by atoms with van der Waals surface area (Å²) in [6.07, 6.45) is -3.97. The van der Waals surface area contributed by atoms with Crippen molar-refractivity contribution in [3.05, 3.63) is 82.6 Å². The fourth-order valence-electron chi connectivity index (χ4n) is 2.36. The van der Waals surface area contributed by atoms with E-state index in [1.165, 1.54) is 0 Å². The van der Waals surface area contributed by atoms with E-state index >= 15 is 0 Å². The summed E-state index contributed by atoms with van der Waals surface area (Å²) in [6.45, 7) is 0.0851. The lowest BCUT2D eigenvalue weighted by molar-refractivity contribution is -0.141. The van der Waals surface area contributed by atoms with Gasteiger partial charge < -0.3 is 10.6 Å². The number of carbonyl (C=O) groups excluding carboxylic acids is 1. The highest BCUT2D eigenvalue weighted by atomic mass is 35.5. The number of amides is 1. The van der Waals surface area contributed by atoms with Crippen LogP contribution < -0.4 is 10.6 Å². The van der Waals surface area contributed by atoms with Crippen molar-refractivity contribution in [3.63, 3.8) is 0 Å². The first-order chi connectivity index (χ1) is 13.3. The lowest BCUT2D eigenvalue weighted by Gasteiger charge is -2.13. The minimum Gasteiger partial charge on any atom is -0.348 e. The number of hydrogen-bond acceptors (Lipinski definition) is 4. The van der Waals surface area contributed by atoms with Gasteiger partial charge in [0.1, 0.15) is 0 Å². The van der Waals surface area contributed by atoms with Crippen LogP contribution in [0.3, 0.4) is 0 Å². The van der Waals surface area contributed by atoms with Crippen molar-refractivity contribution in [2.24, 2.45) is 0 Å². The first-order valence-corrected chi connectivity index (χ1v) is 8.49.